The van der Waals surface area contributed by atoms with Gasteiger partial charge in [-0.2, -0.15) is 0 Å². The Kier molecular flexibility index (Phi) is 2.98. The van der Waals surface area contributed by atoms with Gasteiger partial charge in [-0.1, -0.05) is 15.9 Å². The number of hydrogen-bond donors (Lipinski definition) is 0. The molecule has 0 saturated carbocycles. The Hall–Kier alpha value is -0.960. The second-order valence-electron chi connectivity index (χ2n) is 2.86. The van der Waals surface area contributed by atoms with Gasteiger partial charge >= 0.3 is 0 Å². The van der Waals surface area contributed by atoms with E-state index in [0.29, 0.717) is 17.4 Å². The van der Waals surface area contributed by atoms with Crippen LogP contribution in [0.1, 0.15) is 33.2 Å². The molecule has 68 valence electrons. The zero-order valence-electron chi connectivity index (χ0n) is 7.43. The van der Waals surface area contributed by atoms with E-state index >= 15 is 0 Å². The third-order valence-electron chi connectivity index (χ3n) is 1.84. The van der Waals surface area contributed by atoms with Crippen molar-refractivity contribution in [3.8, 4) is 0 Å². The van der Waals surface area contributed by atoms with E-state index in [2.05, 4.69) is 15.9 Å². The smallest absolute Gasteiger partial charge is 0.160 e. The molecule has 3 heteroatoms. The maximum absolute atomic E-state index is 11.1. The predicted molar refractivity (Wildman–Crippen MR) is 54.3 cm³/mol. The molecule has 0 saturated heterocycles. The zero-order chi connectivity index (χ0) is 10.0. The highest BCUT2D eigenvalue weighted by atomic mass is 79.9. The molecule has 0 N–H and O–H groups in total. The highest BCUT2D eigenvalue weighted by molar-refractivity contribution is 9.10. The number of benzene rings is 1. The summed E-state index contributed by atoms with van der Waals surface area (Å²) >= 11 is 3.30. The standard InChI is InChI=1S/C10H9BrO2/c1-6-3-9(7(2)13)8(5-12)4-10(6)11/h3-5H,1-2H3. The van der Waals surface area contributed by atoms with Crippen molar-refractivity contribution < 1.29 is 9.59 Å². The molecule has 0 heterocycles. The van der Waals surface area contributed by atoms with Crippen LogP contribution >= 0.6 is 15.9 Å². The summed E-state index contributed by atoms with van der Waals surface area (Å²) < 4.78 is 0.847. The molecule has 0 bridgehead atoms. The van der Waals surface area contributed by atoms with Crippen LogP contribution in [0, 0.1) is 6.92 Å². The first-order chi connectivity index (χ1) is 6.06. The Morgan fingerprint density at radius 2 is 2.08 bits per heavy atom. The zero-order valence-corrected chi connectivity index (χ0v) is 9.01. The van der Waals surface area contributed by atoms with Crippen LogP contribution in [0.4, 0.5) is 0 Å². The second-order valence-corrected chi connectivity index (χ2v) is 3.72. The lowest BCUT2D eigenvalue weighted by molar-refractivity contribution is 0.100. The fraction of sp³-hybridized carbons (Fsp3) is 0.200. The number of aryl methyl sites for hydroxylation is 1. The molecule has 0 aliphatic carbocycles. The van der Waals surface area contributed by atoms with Crippen LogP contribution < -0.4 is 0 Å². The lowest BCUT2D eigenvalue weighted by Crippen LogP contribution is -1.99. The van der Waals surface area contributed by atoms with Crippen LogP contribution in [0.5, 0.6) is 0 Å². The fourth-order valence-electron chi connectivity index (χ4n) is 1.10. The van der Waals surface area contributed by atoms with Crippen LogP contribution in [0.2, 0.25) is 0 Å². The molecule has 0 atom stereocenters. The second kappa shape index (κ2) is 3.83. The normalized spacial score (nSPS) is 9.77. The van der Waals surface area contributed by atoms with Gasteiger partial charge in [0.05, 0.1) is 0 Å². The molecule has 1 aromatic rings. The van der Waals surface area contributed by atoms with Gasteiger partial charge in [0, 0.05) is 15.6 Å². The van der Waals surface area contributed by atoms with Crippen molar-refractivity contribution in [2.24, 2.45) is 0 Å². The molecule has 0 spiro atoms. The number of carbonyl (C=O) groups excluding carboxylic acids is 2. The minimum Gasteiger partial charge on any atom is -0.298 e. The van der Waals surface area contributed by atoms with Crippen LogP contribution in [-0.2, 0) is 0 Å². The summed E-state index contributed by atoms with van der Waals surface area (Å²) in [6, 6.07) is 3.38. The van der Waals surface area contributed by atoms with Crippen molar-refractivity contribution in [3.05, 3.63) is 33.3 Å². The van der Waals surface area contributed by atoms with Crippen molar-refractivity contribution >= 4 is 28.0 Å². The monoisotopic (exact) mass is 240 g/mol. The van der Waals surface area contributed by atoms with E-state index < -0.39 is 0 Å². The maximum atomic E-state index is 11.1. The average molecular weight is 241 g/mol. The minimum absolute atomic E-state index is 0.0855. The molecule has 1 rings (SSSR count). The van der Waals surface area contributed by atoms with Crippen LogP contribution in [0.15, 0.2) is 16.6 Å². The lowest BCUT2D eigenvalue weighted by atomic mass is 10.0. The van der Waals surface area contributed by atoms with Gasteiger partial charge in [-0.15, -0.1) is 0 Å². The quantitative estimate of drug-likeness (QED) is 0.589. The van der Waals surface area contributed by atoms with Crippen molar-refractivity contribution in [1.82, 2.24) is 0 Å². The largest absolute Gasteiger partial charge is 0.298 e. The van der Waals surface area contributed by atoms with Crippen LogP contribution in [0.25, 0.3) is 0 Å². The Balaban J connectivity index is 3.41. The number of aldehydes is 1. The SMILES string of the molecule is CC(=O)c1cc(C)c(Br)cc1C=O. The third-order valence-corrected chi connectivity index (χ3v) is 2.69. The van der Waals surface area contributed by atoms with Crippen molar-refractivity contribution in [2.75, 3.05) is 0 Å². The lowest BCUT2D eigenvalue weighted by Gasteiger charge is -2.04. The van der Waals surface area contributed by atoms with Crippen LogP contribution in [0.3, 0.4) is 0 Å². The number of ketones is 1. The molecule has 0 aromatic heterocycles. The molecule has 13 heavy (non-hydrogen) atoms. The fourth-order valence-corrected chi connectivity index (χ4v) is 1.46. The first-order valence-corrected chi connectivity index (χ1v) is 4.62. The maximum Gasteiger partial charge on any atom is 0.160 e. The van der Waals surface area contributed by atoms with Gasteiger partial charge in [0.25, 0.3) is 0 Å². The highest BCUT2D eigenvalue weighted by Gasteiger charge is 2.08. The van der Waals surface area contributed by atoms with Gasteiger partial charge in [0.15, 0.2) is 12.1 Å². The molecule has 1 aromatic carbocycles. The third kappa shape index (κ3) is 2.04. The Bertz CT molecular complexity index is 369. The van der Waals surface area contributed by atoms with Gasteiger partial charge in [-0.05, 0) is 31.5 Å². The Labute approximate surface area is 85.1 Å². The van der Waals surface area contributed by atoms with Gasteiger partial charge < -0.3 is 0 Å². The highest BCUT2D eigenvalue weighted by Crippen LogP contribution is 2.20. The predicted octanol–water partition coefficient (Wildman–Crippen LogP) is 2.77. The van der Waals surface area contributed by atoms with E-state index in [-0.39, 0.29) is 5.78 Å². The molecule has 0 aliphatic heterocycles. The number of carbonyl (C=O) groups is 2. The van der Waals surface area contributed by atoms with Gasteiger partial charge in [-0.3, -0.25) is 9.59 Å². The molecular formula is C10H9BrO2. The molecular weight excluding hydrogens is 232 g/mol. The van der Waals surface area contributed by atoms with Gasteiger partial charge in [0.2, 0.25) is 0 Å². The van der Waals surface area contributed by atoms with E-state index in [1.54, 1.807) is 12.1 Å². The van der Waals surface area contributed by atoms with E-state index in [0.717, 1.165) is 10.0 Å². The van der Waals surface area contributed by atoms with Crippen molar-refractivity contribution in [1.29, 1.82) is 0 Å². The summed E-state index contributed by atoms with van der Waals surface area (Å²) in [5.41, 5.74) is 1.87. The molecule has 0 fully saturated rings. The number of rotatable bonds is 2. The minimum atomic E-state index is -0.0855. The van der Waals surface area contributed by atoms with Gasteiger partial charge in [0.1, 0.15) is 0 Å². The average Bonchev–Trinajstić information content (AvgIpc) is 2.08. The molecule has 0 radical (unpaired) electrons. The molecule has 0 amide bonds. The Morgan fingerprint density at radius 3 is 2.54 bits per heavy atom. The first kappa shape index (κ1) is 10.1. The number of hydrogen-bond acceptors (Lipinski definition) is 2. The van der Waals surface area contributed by atoms with E-state index in [9.17, 15) is 9.59 Å². The number of Topliss-reactive ketones (excluding diaryl/α,β-unsaturated/α-hetero) is 1. The first-order valence-electron chi connectivity index (χ1n) is 3.82. The van der Waals surface area contributed by atoms with Gasteiger partial charge in [-0.25, -0.2) is 0 Å². The summed E-state index contributed by atoms with van der Waals surface area (Å²) in [5, 5.41) is 0. The summed E-state index contributed by atoms with van der Waals surface area (Å²) in [4.78, 5) is 21.7. The van der Waals surface area contributed by atoms with Crippen molar-refractivity contribution in [3.63, 3.8) is 0 Å². The van der Waals surface area contributed by atoms with Crippen molar-refractivity contribution in [2.45, 2.75) is 13.8 Å². The summed E-state index contributed by atoms with van der Waals surface area (Å²) in [6.45, 7) is 3.33. The molecule has 2 nitrogen and oxygen atoms in total. The summed E-state index contributed by atoms with van der Waals surface area (Å²) in [6.07, 6.45) is 0.695. The number of halogens is 1. The van der Waals surface area contributed by atoms with E-state index in [1.807, 2.05) is 6.92 Å². The Morgan fingerprint density at radius 1 is 1.46 bits per heavy atom. The molecule has 0 unspecified atom stereocenters. The summed E-state index contributed by atoms with van der Waals surface area (Å²) in [5.74, 6) is -0.0855. The summed E-state index contributed by atoms with van der Waals surface area (Å²) in [7, 11) is 0. The van der Waals surface area contributed by atoms with E-state index in [1.165, 1.54) is 6.92 Å². The van der Waals surface area contributed by atoms with E-state index in [4.69, 9.17) is 0 Å². The topological polar surface area (TPSA) is 34.1 Å². The molecule has 0 aliphatic rings. The van der Waals surface area contributed by atoms with Crippen LogP contribution in [-0.4, -0.2) is 12.1 Å².